The molecule has 0 bridgehead atoms. The average Bonchev–Trinajstić information content (AvgIpc) is 2.65. The van der Waals surface area contributed by atoms with E-state index in [0.717, 1.165) is 0 Å². The third kappa shape index (κ3) is 2.96. The van der Waals surface area contributed by atoms with E-state index < -0.39 is 23.5 Å². The predicted octanol–water partition coefficient (Wildman–Crippen LogP) is -0.989. The zero-order valence-corrected chi connectivity index (χ0v) is 10.3. The molecule has 0 fully saturated rings. The minimum Gasteiger partial charge on any atom is -0.461 e. The van der Waals surface area contributed by atoms with Crippen molar-refractivity contribution in [2.75, 3.05) is 0 Å². The molecule has 0 saturated carbocycles. The molecule has 2 atom stereocenters. The summed E-state index contributed by atoms with van der Waals surface area (Å²) >= 11 is 0. The third-order valence-corrected chi connectivity index (χ3v) is 2.58. The van der Waals surface area contributed by atoms with Gasteiger partial charge in [-0.1, -0.05) is 5.84 Å². The molecule has 2 rings (SSSR count). The van der Waals surface area contributed by atoms with E-state index in [0.29, 0.717) is 11.5 Å². The molecule has 1 aliphatic heterocycles. The van der Waals surface area contributed by atoms with Crippen molar-refractivity contribution < 1.29 is 19.4 Å². The number of ketones is 1. The van der Waals surface area contributed by atoms with Gasteiger partial charge in [0.05, 0.1) is 15.7 Å². The summed E-state index contributed by atoms with van der Waals surface area (Å²) < 4.78 is 10.3. The Bertz CT molecular complexity index is 507. The molecule has 1 unspecified atom stereocenters. The normalized spacial score (nSPS) is 20.3. The summed E-state index contributed by atoms with van der Waals surface area (Å²) in [7, 11) is 16.0. The zero-order chi connectivity index (χ0) is 14.2. The van der Waals surface area contributed by atoms with Crippen molar-refractivity contribution >= 4 is 29.3 Å². The summed E-state index contributed by atoms with van der Waals surface area (Å²) in [6.45, 7) is 1.26. The third-order valence-electron chi connectivity index (χ3n) is 2.58. The van der Waals surface area contributed by atoms with Gasteiger partial charge in [-0.05, 0) is 25.1 Å². The van der Waals surface area contributed by atoms with Crippen LogP contribution in [0.25, 0.3) is 0 Å². The number of Topliss-reactive ketones (excluding diaryl/α,β-unsaturated/α-hetero) is 1. The number of carbonyl (C=O) groups is 1. The summed E-state index contributed by atoms with van der Waals surface area (Å²) in [4.78, 5) is 12.1. The minimum atomic E-state index is -1.88. The van der Waals surface area contributed by atoms with E-state index in [1.807, 2.05) is 0 Å². The van der Waals surface area contributed by atoms with Crippen molar-refractivity contribution in [2.45, 2.75) is 24.7 Å². The number of hydrogen-bond acceptors (Lipinski definition) is 5. The molecular weight excluding hydrogens is 243 g/mol. The number of carbonyl (C=O) groups excluding carboxylic acids is 1. The van der Waals surface area contributed by atoms with Crippen LogP contribution in [0.1, 0.15) is 17.3 Å². The number of aliphatic hydroxyl groups is 1. The zero-order valence-electron chi connectivity index (χ0n) is 10.3. The van der Waals surface area contributed by atoms with Gasteiger partial charge in [-0.15, -0.1) is 0 Å². The number of benzene rings is 1. The second-order valence-corrected chi connectivity index (χ2v) is 4.34. The fraction of sp³-hybridized carbons (Fsp3) is 0.364. The first-order valence-corrected chi connectivity index (χ1v) is 5.58. The molecule has 1 aromatic carbocycles. The maximum atomic E-state index is 12.1. The van der Waals surface area contributed by atoms with Gasteiger partial charge in [-0.2, -0.15) is 0 Å². The average molecular weight is 253 g/mol. The molecule has 0 aromatic heterocycles. The van der Waals surface area contributed by atoms with Crippen LogP contribution in [0.4, 0.5) is 0 Å². The Hall–Kier alpha value is -1.40. The second kappa shape index (κ2) is 4.94. The molecule has 2 N–H and O–H groups in total. The van der Waals surface area contributed by atoms with Gasteiger partial charge >= 0.3 is 0 Å². The van der Waals surface area contributed by atoms with Gasteiger partial charge in [0.15, 0.2) is 31.3 Å². The van der Waals surface area contributed by atoms with Crippen molar-refractivity contribution in [3.63, 3.8) is 0 Å². The smallest absolute Gasteiger partial charge is 0.209 e. The van der Waals surface area contributed by atoms with Gasteiger partial charge in [0.2, 0.25) is 5.78 Å². The topological polar surface area (TPSA) is 67.8 Å². The Morgan fingerprint density at radius 2 is 2.05 bits per heavy atom. The second-order valence-electron chi connectivity index (χ2n) is 4.34. The summed E-state index contributed by atoms with van der Waals surface area (Å²) in [5.41, 5.74) is -1.67. The molecule has 1 aromatic rings. The highest BCUT2D eigenvalue weighted by atomic mass is 16.7. The van der Waals surface area contributed by atoms with Crippen LogP contribution in [-0.4, -0.2) is 52.2 Å². The molecule has 1 aliphatic rings. The van der Waals surface area contributed by atoms with Gasteiger partial charge in [-0.25, -0.2) is 0 Å². The molecule has 6 radical (unpaired) electrons. The van der Waals surface area contributed by atoms with Gasteiger partial charge in [0.1, 0.15) is 0 Å². The Balaban J connectivity index is 2.23. The highest BCUT2D eigenvalue weighted by molar-refractivity contribution is 6.35. The van der Waals surface area contributed by atoms with E-state index in [2.05, 4.69) is 5.32 Å². The number of fused-ring (bicyclic) bond motifs is 1. The first-order chi connectivity index (χ1) is 8.79. The van der Waals surface area contributed by atoms with Crippen molar-refractivity contribution in [2.24, 2.45) is 0 Å². The van der Waals surface area contributed by atoms with E-state index in [-0.39, 0.29) is 5.56 Å². The molecule has 8 heteroatoms. The molecule has 0 aliphatic carbocycles. The Labute approximate surface area is 114 Å². The van der Waals surface area contributed by atoms with Gasteiger partial charge in [0, 0.05) is 5.56 Å². The molecule has 0 saturated heterocycles. The van der Waals surface area contributed by atoms with Crippen molar-refractivity contribution in [1.29, 1.82) is 0 Å². The number of hydrogen-bond donors (Lipinski definition) is 2. The van der Waals surface area contributed by atoms with Crippen LogP contribution in [0.5, 0.6) is 11.5 Å². The fourth-order valence-corrected chi connectivity index (χ4v) is 1.78. The number of nitrogens with one attached hydrogen (secondary N) is 1. The van der Waals surface area contributed by atoms with E-state index in [1.54, 1.807) is 0 Å². The lowest BCUT2D eigenvalue weighted by atomic mass is 9.77. The summed E-state index contributed by atoms with van der Waals surface area (Å²) in [5.74, 6) is -0.847. The number of ether oxygens (including phenoxy) is 2. The Morgan fingerprint density at radius 3 is 2.68 bits per heavy atom. The van der Waals surface area contributed by atoms with Gasteiger partial charge < -0.3 is 14.6 Å². The quantitative estimate of drug-likeness (QED) is 0.409. The number of rotatable bonds is 4. The van der Waals surface area contributed by atoms with E-state index in [4.69, 9.17) is 33.0 Å². The van der Waals surface area contributed by atoms with Crippen molar-refractivity contribution in [3.05, 3.63) is 23.8 Å². The van der Waals surface area contributed by atoms with Crippen LogP contribution in [0.3, 0.4) is 0 Å². The largest absolute Gasteiger partial charge is 0.461 e. The highest BCUT2D eigenvalue weighted by Crippen LogP contribution is 2.35. The minimum absolute atomic E-state index is 0.217. The maximum absolute atomic E-state index is 12.1. The molecule has 1 heterocycles. The van der Waals surface area contributed by atoms with E-state index >= 15 is 0 Å². The van der Waals surface area contributed by atoms with Crippen LogP contribution in [0, 0.1) is 0 Å². The fourth-order valence-electron chi connectivity index (χ4n) is 1.78. The van der Waals surface area contributed by atoms with Crippen LogP contribution >= 0.6 is 0 Å². The van der Waals surface area contributed by atoms with Crippen molar-refractivity contribution in [3.8, 4) is 11.5 Å². The Kier molecular flexibility index (Phi) is 3.65. The highest BCUT2D eigenvalue weighted by Gasteiger charge is 2.32. The SMILES string of the molecule is [B]C([B])N[C@@](C)(O)C(=O)c1ccc2c(c1)OC([B])O2. The van der Waals surface area contributed by atoms with E-state index in [9.17, 15) is 9.90 Å². The predicted molar refractivity (Wildman–Crippen MR) is 70.6 cm³/mol. The van der Waals surface area contributed by atoms with Crippen LogP contribution in [0.15, 0.2) is 18.2 Å². The van der Waals surface area contributed by atoms with Crippen LogP contribution < -0.4 is 14.8 Å². The molecule has 5 nitrogen and oxygen atoms in total. The summed E-state index contributed by atoms with van der Waals surface area (Å²) in [6.07, 6.45) is -0.892. The molecule has 0 amide bonds. The van der Waals surface area contributed by atoms with Gasteiger partial charge in [0.25, 0.3) is 0 Å². The standard InChI is InChI=1S/C11H10B3NO4/c1-11(17,15-9(12)13)8(16)5-2-3-6-7(4-5)19-10(14)18-6/h2-4,9-10,15,17H,1H3/t10?,11-/m0/s1. The summed E-state index contributed by atoms with van der Waals surface area (Å²) in [5, 5.41) is 12.3. The van der Waals surface area contributed by atoms with E-state index in [1.165, 1.54) is 25.1 Å². The summed E-state index contributed by atoms with van der Waals surface area (Å²) in [6, 6.07) is 4.46. The lowest BCUT2D eigenvalue weighted by Gasteiger charge is -2.26. The monoisotopic (exact) mass is 253 g/mol. The first-order valence-electron chi connectivity index (χ1n) is 5.58. The Morgan fingerprint density at radius 1 is 1.42 bits per heavy atom. The first kappa shape index (κ1) is 14.0. The molecule has 92 valence electrons. The van der Waals surface area contributed by atoms with Crippen LogP contribution in [0.2, 0.25) is 0 Å². The molecular formula is C11H10B3NO4. The van der Waals surface area contributed by atoms with Crippen LogP contribution in [-0.2, 0) is 0 Å². The lowest BCUT2D eigenvalue weighted by molar-refractivity contribution is 0.0246. The van der Waals surface area contributed by atoms with Gasteiger partial charge in [-0.3, -0.25) is 10.1 Å². The molecule has 0 spiro atoms. The van der Waals surface area contributed by atoms with Crippen molar-refractivity contribution in [1.82, 2.24) is 5.32 Å². The molecule has 19 heavy (non-hydrogen) atoms. The lowest BCUT2D eigenvalue weighted by Crippen LogP contribution is -2.54. The maximum Gasteiger partial charge on any atom is 0.209 e.